The smallest absolute Gasteiger partial charge is 0.170 e. The maximum absolute atomic E-state index is 15.4. The first-order valence-electron chi connectivity index (χ1n) is 12.6. The van der Waals surface area contributed by atoms with Crippen LogP contribution in [-0.2, 0) is 0 Å². The number of nitrogens with zero attached hydrogens (tertiary/aromatic N) is 2. The van der Waals surface area contributed by atoms with Gasteiger partial charge >= 0.3 is 0 Å². The molecule has 0 saturated carbocycles. The van der Waals surface area contributed by atoms with Crippen LogP contribution >= 0.6 is 0 Å². The molecule has 2 heterocycles. The van der Waals surface area contributed by atoms with Crippen molar-refractivity contribution >= 4 is 0 Å². The van der Waals surface area contributed by atoms with Gasteiger partial charge in [-0.25, -0.2) is 35.1 Å². The third kappa shape index (κ3) is 5.24. The van der Waals surface area contributed by atoms with Gasteiger partial charge in [0.05, 0.1) is 34.6 Å². The van der Waals surface area contributed by atoms with Gasteiger partial charge < -0.3 is 10.2 Å². The zero-order chi connectivity index (χ0) is 33.2. The van der Waals surface area contributed by atoms with E-state index < -0.39 is 68.8 Å². The quantitative estimate of drug-likeness (QED) is 0.124. The number of aliphatic hydroxyl groups is 2. The molecule has 0 aliphatic carbocycles. The average Bonchev–Trinajstić information content (AvgIpc) is 3.75. The maximum atomic E-state index is 15.4. The predicted molar refractivity (Wildman–Crippen MR) is 147 cm³/mol. The third-order valence-corrected chi connectivity index (χ3v) is 7.23. The van der Waals surface area contributed by atoms with Crippen molar-refractivity contribution in [3.63, 3.8) is 0 Å². The zero-order valence-corrected chi connectivity index (χ0v) is 24.1. The molecule has 6 nitrogen and oxygen atoms in total. The molecule has 5 aromatic rings. The normalized spacial score (nSPS) is 10.7. The van der Waals surface area contributed by atoms with Crippen LogP contribution in [0.2, 0.25) is 0 Å². The Balaban J connectivity index is 0.00000127. The number of H-pyrrole nitrogens is 2. The lowest BCUT2D eigenvalue weighted by Crippen LogP contribution is -2.09. The first kappa shape index (κ1) is 33.9. The topological polar surface area (TPSA) is 97.8 Å². The highest BCUT2D eigenvalue weighted by atomic mass is 19.2. The SMILES string of the molecule is CO.CO.Cc1c(C)c(-c2c(F)c(F)c(-c3cn[nH]c3)c(F)c2F)c(C)c(C)c1-c1c(F)c(F)c(-c2cn[nH]c2)c(F)c1F. The molecule has 0 fully saturated rings. The van der Waals surface area contributed by atoms with E-state index in [1.54, 1.807) is 0 Å². The van der Waals surface area contributed by atoms with E-state index in [0.717, 1.165) is 39.0 Å². The average molecular weight is 627 g/mol. The van der Waals surface area contributed by atoms with Crippen molar-refractivity contribution in [2.45, 2.75) is 27.7 Å². The van der Waals surface area contributed by atoms with Gasteiger partial charge in [-0.3, -0.25) is 10.2 Å². The van der Waals surface area contributed by atoms with Crippen molar-refractivity contribution in [2.75, 3.05) is 14.2 Å². The second kappa shape index (κ2) is 13.4. The van der Waals surface area contributed by atoms with Gasteiger partial charge in [-0.2, -0.15) is 10.2 Å². The van der Waals surface area contributed by atoms with E-state index in [-0.39, 0.29) is 44.5 Å². The van der Waals surface area contributed by atoms with Crippen molar-refractivity contribution < 1.29 is 45.3 Å². The number of aromatic nitrogens is 4. The van der Waals surface area contributed by atoms with Crippen LogP contribution in [0.5, 0.6) is 0 Å². The summed E-state index contributed by atoms with van der Waals surface area (Å²) in [6.45, 7) is 5.23. The van der Waals surface area contributed by atoms with Crippen LogP contribution in [0.4, 0.5) is 35.1 Å². The lowest BCUT2D eigenvalue weighted by atomic mass is 9.82. The Bertz CT molecular complexity index is 1600. The zero-order valence-electron chi connectivity index (χ0n) is 24.1. The summed E-state index contributed by atoms with van der Waals surface area (Å²) in [7, 11) is 2.00. The fourth-order valence-corrected chi connectivity index (χ4v) is 5.05. The number of rotatable bonds is 4. The van der Waals surface area contributed by atoms with E-state index in [0.29, 0.717) is 0 Å². The molecule has 5 rings (SSSR count). The molecule has 0 saturated heterocycles. The Morgan fingerprint density at radius 1 is 0.409 bits per heavy atom. The fourth-order valence-electron chi connectivity index (χ4n) is 5.05. The Hall–Kier alpha value is -4.56. The predicted octanol–water partition coefficient (Wildman–Crippen LogP) is 7.36. The third-order valence-electron chi connectivity index (χ3n) is 7.23. The minimum atomic E-state index is -1.70. The Kier molecular flexibility index (Phi) is 10.3. The number of hydrogen-bond donors (Lipinski definition) is 4. The molecule has 3 aromatic carbocycles. The van der Waals surface area contributed by atoms with E-state index in [4.69, 9.17) is 10.2 Å². The molecule has 0 amide bonds. The minimum absolute atomic E-state index is 0.0238. The van der Waals surface area contributed by atoms with E-state index in [9.17, 15) is 0 Å². The molecule has 0 bridgehead atoms. The van der Waals surface area contributed by atoms with Crippen molar-refractivity contribution in [1.82, 2.24) is 20.4 Å². The summed E-state index contributed by atoms with van der Waals surface area (Å²) in [5.74, 6) is -13.5. The number of nitrogens with one attached hydrogen (secondary N) is 2. The standard InChI is InChI=1S/C28H18F8N4.2CH4O/c1-9-10(2)16(20-27(35)23(31)18(24(32)28(20)36)14-7-39-40-8-14)12(4)11(3)15(9)19-25(33)21(29)17(22(30)26(19)34)13-5-37-38-6-13;2*1-2/h5-8H,1-4H3,(H,37,38)(H,39,40);2*2H,1H3. The van der Waals surface area contributed by atoms with Gasteiger partial charge in [0.1, 0.15) is 0 Å². The second-order valence-corrected chi connectivity index (χ2v) is 9.24. The molecule has 0 aliphatic rings. The van der Waals surface area contributed by atoms with Gasteiger partial charge in [-0.15, -0.1) is 0 Å². The van der Waals surface area contributed by atoms with Crippen molar-refractivity contribution in [3.05, 3.63) is 93.6 Å². The molecule has 2 aromatic heterocycles. The Labute approximate surface area is 246 Å². The molecule has 0 aliphatic heterocycles. The van der Waals surface area contributed by atoms with E-state index in [2.05, 4.69) is 20.4 Å². The summed E-state index contributed by atoms with van der Waals surface area (Å²) in [6.07, 6.45) is 4.08. The lowest BCUT2D eigenvalue weighted by Gasteiger charge is -2.23. The Morgan fingerprint density at radius 3 is 0.841 bits per heavy atom. The highest BCUT2D eigenvalue weighted by Crippen LogP contribution is 2.46. The molecule has 44 heavy (non-hydrogen) atoms. The first-order chi connectivity index (χ1) is 20.9. The second-order valence-electron chi connectivity index (χ2n) is 9.24. The highest BCUT2D eigenvalue weighted by Gasteiger charge is 2.33. The van der Waals surface area contributed by atoms with E-state index in [1.165, 1.54) is 27.7 Å². The van der Waals surface area contributed by atoms with Crippen LogP contribution in [0.15, 0.2) is 24.8 Å². The van der Waals surface area contributed by atoms with Crippen LogP contribution < -0.4 is 0 Å². The summed E-state index contributed by atoms with van der Waals surface area (Å²) in [6, 6.07) is 0. The molecule has 0 radical (unpaired) electrons. The molecular weight excluding hydrogens is 600 g/mol. The minimum Gasteiger partial charge on any atom is -0.400 e. The van der Waals surface area contributed by atoms with Crippen LogP contribution in [0.1, 0.15) is 22.3 Å². The first-order valence-corrected chi connectivity index (χ1v) is 12.6. The van der Waals surface area contributed by atoms with Crippen molar-refractivity contribution in [3.8, 4) is 44.5 Å². The van der Waals surface area contributed by atoms with Gasteiger partial charge in [0.15, 0.2) is 46.5 Å². The number of halogens is 8. The van der Waals surface area contributed by atoms with Gasteiger partial charge in [0, 0.05) is 37.7 Å². The molecule has 4 N–H and O–H groups in total. The fraction of sp³-hybridized carbons (Fsp3) is 0.200. The largest absolute Gasteiger partial charge is 0.400 e. The van der Waals surface area contributed by atoms with Crippen LogP contribution in [0, 0.1) is 74.2 Å². The van der Waals surface area contributed by atoms with Crippen LogP contribution in [-0.4, -0.2) is 44.8 Å². The monoisotopic (exact) mass is 626 g/mol. The van der Waals surface area contributed by atoms with Crippen molar-refractivity contribution in [2.24, 2.45) is 0 Å². The van der Waals surface area contributed by atoms with Crippen LogP contribution in [0.3, 0.4) is 0 Å². The molecule has 0 unspecified atom stereocenters. The summed E-state index contributed by atoms with van der Waals surface area (Å²) >= 11 is 0. The summed E-state index contributed by atoms with van der Waals surface area (Å²) in [5.41, 5.74) is -5.13. The van der Waals surface area contributed by atoms with E-state index >= 15 is 35.1 Å². The Morgan fingerprint density at radius 2 is 0.636 bits per heavy atom. The molecule has 0 spiro atoms. The summed E-state index contributed by atoms with van der Waals surface area (Å²) in [5, 5.41) is 25.7. The summed E-state index contributed by atoms with van der Waals surface area (Å²) in [4.78, 5) is 0. The van der Waals surface area contributed by atoms with Crippen molar-refractivity contribution in [1.29, 1.82) is 0 Å². The molecular formula is C30H26F8N4O2. The van der Waals surface area contributed by atoms with Gasteiger partial charge in [0.2, 0.25) is 0 Å². The molecule has 0 atom stereocenters. The van der Waals surface area contributed by atoms with Gasteiger partial charge in [0.25, 0.3) is 0 Å². The van der Waals surface area contributed by atoms with Gasteiger partial charge in [-0.05, 0) is 61.1 Å². The summed E-state index contributed by atoms with van der Waals surface area (Å²) < 4.78 is 122. The van der Waals surface area contributed by atoms with Gasteiger partial charge in [-0.1, -0.05) is 0 Å². The molecule has 234 valence electrons. The van der Waals surface area contributed by atoms with Crippen LogP contribution in [0.25, 0.3) is 44.5 Å². The number of hydrogen-bond acceptors (Lipinski definition) is 4. The molecule has 14 heteroatoms. The highest BCUT2D eigenvalue weighted by molar-refractivity contribution is 5.85. The number of aliphatic hydroxyl groups excluding tert-OH is 2. The lowest BCUT2D eigenvalue weighted by molar-refractivity contribution is 0.399. The number of aromatic amines is 2. The van der Waals surface area contributed by atoms with E-state index in [1.807, 2.05) is 0 Å². The number of benzene rings is 3. The maximum Gasteiger partial charge on any atom is 0.170 e.